The van der Waals surface area contributed by atoms with Crippen LogP contribution < -0.4 is 10.2 Å². The van der Waals surface area contributed by atoms with E-state index in [2.05, 4.69) is 24.1 Å². The number of hydrogen-bond donors (Lipinski definition) is 2. The molecule has 0 unspecified atom stereocenters. The molecule has 1 aromatic heterocycles. The Kier molecular flexibility index (Phi) is 2.90. The number of aromatic carboxylic acids is 1. The van der Waals surface area contributed by atoms with Gasteiger partial charge in [-0.25, -0.2) is 4.79 Å². The fourth-order valence-electron chi connectivity index (χ4n) is 1.94. The molecule has 1 aliphatic heterocycles. The van der Waals surface area contributed by atoms with Gasteiger partial charge in [-0.1, -0.05) is 0 Å². The van der Waals surface area contributed by atoms with Crippen molar-refractivity contribution in [3.8, 4) is 0 Å². The standard InChI is InChI=1S/C11H16N2O2S/c1-11(2)7-13(6-5-12-11)9-4-3-8(16-9)10(14)15/h3-4,12H,5-7H2,1-2H3,(H,14,15). The molecule has 5 heteroatoms. The smallest absolute Gasteiger partial charge is 0.345 e. The summed E-state index contributed by atoms with van der Waals surface area (Å²) in [5, 5.41) is 13.4. The van der Waals surface area contributed by atoms with Crippen LogP contribution in [0.3, 0.4) is 0 Å². The van der Waals surface area contributed by atoms with Crippen LogP contribution in [0.5, 0.6) is 0 Å². The second kappa shape index (κ2) is 4.07. The fraction of sp³-hybridized carbons (Fsp3) is 0.545. The molecule has 0 radical (unpaired) electrons. The first kappa shape index (κ1) is 11.4. The van der Waals surface area contributed by atoms with Crippen LogP contribution >= 0.6 is 11.3 Å². The molecule has 16 heavy (non-hydrogen) atoms. The molecular weight excluding hydrogens is 224 g/mol. The molecular formula is C11H16N2O2S. The first-order valence-electron chi connectivity index (χ1n) is 5.31. The van der Waals surface area contributed by atoms with Crippen molar-refractivity contribution in [2.45, 2.75) is 19.4 Å². The third kappa shape index (κ3) is 2.36. The Balaban J connectivity index is 2.14. The van der Waals surface area contributed by atoms with Crippen molar-refractivity contribution in [2.75, 3.05) is 24.5 Å². The predicted molar refractivity (Wildman–Crippen MR) is 65.6 cm³/mol. The van der Waals surface area contributed by atoms with Gasteiger partial charge in [-0.3, -0.25) is 0 Å². The molecule has 0 bridgehead atoms. The van der Waals surface area contributed by atoms with Crippen molar-refractivity contribution in [3.63, 3.8) is 0 Å². The maximum absolute atomic E-state index is 10.8. The van der Waals surface area contributed by atoms with E-state index >= 15 is 0 Å². The summed E-state index contributed by atoms with van der Waals surface area (Å²) < 4.78 is 0. The van der Waals surface area contributed by atoms with Crippen LogP contribution in [0.2, 0.25) is 0 Å². The summed E-state index contributed by atoms with van der Waals surface area (Å²) in [6, 6.07) is 3.58. The summed E-state index contributed by atoms with van der Waals surface area (Å²) in [5.41, 5.74) is 0.0889. The van der Waals surface area contributed by atoms with E-state index in [1.165, 1.54) is 11.3 Å². The van der Waals surface area contributed by atoms with Crippen LogP contribution in [0.25, 0.3) is 0 Å². The van der Waals surface area contributed by atoms with Gasteiger partial charge in [0.15, 0.2) is 0 Å². The summed E-state index contributed by atoms with van der Waals surface area (Å²) in [7, 11) is 0. The van der Waals surface area contributed by atoms with Gasteiger partial charge in [0.05, 0.1) is 5.00 Å². The number of piperazine rings is 1. The number of nitrogens with one attached hydrogen (secondary N) is 1. The van der Waals surface area contributed by atoms with E-state index in [9.17, 15) is 4.79 Å². The Morgan fingerprint density at radius 2 is 2.31 bits per heavy atom. The highest BCUT2D eigenvalue weighted by Crippen LogP contribution is 2.28. The minimum atomic E-state index is -0.842. The molecule has 0 aliphatic carbocycles. The van der Waals surface area contributed by atoms with E-state index in [1.54, 1.807) is 6.07 Å². The average Bonchev–Trinajstić information content (AvgIpc) is 2.64. The van der Waals surface area contributed by atoms with Gasteiger partial charge in [0.1, 0.15) is 4.88 Å². The number of carboxylic acids is 1. The summed E-state index contributed by atoms with van der Waals surface area (Å²) in [6.45, 7) is 7.10. The Morgan fingerprint density at radius 1 is 1.56 bits per heavy atom. The zero-order chi connectivity index (χ0) is 11.8. The van der Waals surface area contributed by atoms with Crippen LogP contribution in [-0.2, 0) is 0 Å². The van der Waals surface area contributed by atoms with Crippen LogP contribution in [0.15, 0.2) is 12.1 Å². The van der Waals surface area contributed by atoms with E-state index in [0.717, 1.165) is 24.6 Å². The SMILES string of the molecule is CC1(C)CN(c2ccc(C(=O)O)s2)CCN1. The highest BCUT2D eigenvalue weighted by molar-refractivity contribution is 7.17. The second-order valence-electron chi connectivity index (χ2n) is 4.68. The molecule has 1 saturated heterocycles. The Hall–Kier alpha value is -1.07. The highest BCUT2D eigenvalue weighted by atomic mass is 32.1. The topological polar surface area (TPSA) is 52.6 Å². The van der Waals surface area contributed by atoms with Gasteiger partial charge in [0.2, 0.25) is 0 Å². The molecule has 2 heterocycles. The Bertz CT molecular complexity index is 400. The van der Waals surface area contributed by atoms with E-state index in [-0.39, 0.29) is 5.54 Å². The van der Waals surface area contributed by atoms with Crippen LogP contribution in [0.1, 0.15) is 23.5 Å². The molecule has 0 saturated carbocycles. The van der Waals surface area contributed by atoms with E-state index < -0.39 is 5.97 Å². The van der Waals surface area contributed by atoms with Gasteiger partial charge >= 0.3 is 5.97 Å². The third-order valence-electron chi connectivity index (χ3n) is 2.69. The zero-order valence-corrected chi connectivity index (χ0v) is 10.3. The lowest BCUT2D eigenvalue weighted by Crippen LogP contribution is -2.57. The minimum Gasteiger partial charge on any atom is -0.477 e. The number of thiophene rings is 1. The molecule has 0 amide bonds. The number of anilines is 1. The summed E-state index contributed by atoms with van der Waals surface area (Å²) in [4.78, 5) is 13.5. The van der Waals surface area contributed by atoms with Crippen molar-refractivity contribution in [1.29, 1.82) is 0 Å². The molecule has 1 aromatic rings. The molecule has 4 nitrogen and oxygen atoms in total. The van der Waals surface area contributed by atoms with Crippen LogP contribution in [0, 0.1) is 0 Å². The fourth-order valence-corrected chi connectivity index (χ4v) is 2.81. The number of hydrogen-bond acceptors (Lipinski definition) is 4. The monoisotopic (exact) mass is 240 g/mol. The lowest BCUT2D eigenvalue weighted by atomic mass is 10.0. The van der Waals surface area contributed by atoms with Gasteiger partial charge in [-0.15, -0.1) is 11.3 Å². The van der Waals surface area contributed by atoms with Gasteiger partial charge in [0, 0.05) is 25.2 Å². The van der Waals surface area contributed by atoms with Gasteiger partial charge in [0.25, 0.3) is 0 Å². The van der Waals surface area contributed by atoms with Crippen LogP contribution in [-0.4, -0.2) is 36.2 Å². The van der Waals surface area contributed by atoms with Crippen molar-refractivity contribution < 1.29 is 9.90 Å². The molecule has 1 fully saturated rings. The minimum absolute atomic E-state index is 0.0889. The lowest BCUT2D eigenvalue weighted by Gasteiger charge is -2.39. The summed E-state index contributed by atoms with van der Waals surface area (Å²) in [5.74, 6) is -0.842. The number of carboxylic acid groups (broad SMARTS) is 1. The Labute approximate surface area is 98.9 Å². The average molecular weight is 240 g/mol. The molecule has 88 valence electrons. The van der Waals surface area contributed by atoms with Crippen molar-refractivity contribution >= 4 is 22.3 Å². The maximum atomic E-state index is 10.8. The third-order valence-corrected chi connectivity index (χ3v) is 3.82. The zero-order valence-electron chi connectivity index (χ0n) is 9.49. The molecule has 2 N–H and O–H groups in total. The maximum Gasteiger partial charge on any atom is 0.345 e. The van der Waals surface area contributed by atoms with Crippen molar-refractivity contribution in [2.24, 2.45) is 0 Å². The van der Waals surface area contributed by atoms with Gasteiger partial charge in [-0.05, 0) is 26.0 Å². The first-order valence-corrected chi connectivity index (χ1v) is 6.13. The molecule has 0 atom stereocenters. The second-order valence-corrected chi connectivity index (χ2v) is 5.74. The lowest BCUT2D eigenvalue weighted by molar-refractivity contribution is 0.0702. The number of rotatable bonds is 2. The number of nitrogens with zero attached hydrogens (tertiary/aromatic N) is 1. The quantitative estimate of drug-likeness (QED) is 0.825. The number of carbonyl (C=O) groups is 1. The Morgan fingerprint density at radius 3 is 2.88 bits per heavy atom. The summed E-state index contributed by atoms with van der Waals surface area (Å²) >= 11 is 1.35. The van der Waals surface area contributed by atoms with Crippen LogP contribution in [0.4, 0.5) is 5.00 Å². The van der Waals surface area contributed by atoms with Crippen molar-refractivity contribution in [3.05, 3.63) is 17.0 Å². The van der Waals surface area contributed by atoms with E-state index in [0.29, 0.717) is 4.88 Å². The molecule has 0 aromatic carbocycles. The summed E-state index contributed by atoms with van der Waals surface area (Å²) in [6.07, 6.45) is 0. The van der Waals surface area contributed by atoms with E-state index in [4.69, 9.17) is 5.11 Å². The molecule has 0 spiro atoms. The van der Waals surface area contributed by atoms with E-state index in [1.807, 2.05) is 6.07 Å². The largest absolute Gasteiger partial charge is 0.477 e. The highest BCUT2D eigenvalue weighted by Gasteiger charge is 2.26. The van der Waals surface area contributed by atoms with Gasteiger partial charge < -0.3 is 15.3 Å². The normalized spacial score (nSPS) is 19.8. The van der Waals surface area contributed by atoms with Gasteiger partial charge in [-0.2, -0.15) is 0 Å². The molecule has 2 rings (SSSR count). The predicted octanol–water partition coefficient (Wildman–Crippen LogP) is 1.63. The first-order chi connectivity index (χ1) is 7.48. The van der Waals surface area contributed by atoms with Crippen molar-refractivity contribution in [1.82, 2.24) is 5.32 Å². The molecule has 1 aliphatic rings.